The summed E-state index contributed by atoms with van der Waals surface area (Å²) in [5.41, 5.74) is 0.904. The largest absolute Gasteiger partial charge is 0.462 e. The lowest BCUT2D eigenvalue weighted by Gasteiger charge is -2.15. The summed E-state index contributed by atoms with van der Waals surface area (Å²) in [6.45, 7) is 8.88. The van der Waals surface area contributed by atoms with Gasteiger partial charge in [-0.2, -0.15) is 0 Å². The second-order valence-electron chi connectivity index (χ2n) is 7.58. The molecule has 0 saturated carbocycles. The van der Waals surface area contributed by atoms with E-state index in [1.54, 1.807) is 18.6 Å². The van der Waals surface area contributed by atoms with Crippen LogP contribution in [0.2, 0.25) is 0 Å². The minimum atomic E-state index is -0.615. The molecule has 0 bridgehead atoms. The highest BCUT2D eigenvalue weighted by molar-refractivity contribution is 5.93. The fourth-order valence-corrected chi connectivity index (χ4v) is 2.81. The molecule has 3 heterocycles. The van der Waals surface area contributed by atoms with Crippen molar-refractivity contribution in [2.75, 3.05) is 6.61 Å². The highest BCUT2D eigenvalue weighted by Gasteiger charge is 2.19. The van der Waals surface area contributed by atoms with E-state index in [0.29, 0.717) is 29.3 Å². The molecule has 3 aromatic heterocycles. The van der Waals surface area contributed by atoms with Gasteiger partial charge in [0.25, 0.3) is 0 Å². The van der Waals surface area contributed by atoms with E-state index in [9.17, 15) is 9.59 Å². The third-order valence-corrected chi connectivity index (χ3v) is 4.08. The molecular formula is C21H24N4O3. The SMILES string of the molecule is CC(C)COC(=O)c1cn(CC(C)C)c2nc(-c3ccncc3)ncc2c1=O. The number of hydrogen-bond donors (Lipinski definition) is 0. The molecule has 146 valence electrons. The zero-order valence-electron chi connectivity index (χ0n) is 16.5. The molecule has 0 aliphatic carbocycles. The van der Waals surface area contributed by atoms with Crippen molar-refractivity contribution in [3.8, 4) is 11.4 Å². The number of aromatic nitrogens is 4. The summed E-state index contributed by atoms with van der Waals surface area (Å²) in [6, 6.07) is 3.62. The number of ether oxygens (including phenoxy) is 1. The lowest BCUT2D eigenvalue weighted by atomic mass is 10.1. The number of hydrogen-bond acceptors (Lipinski definition) is 6. The van der Waals surface area contributed by atoms with E-state index in [0.717, 1.165) is 5.56 Å². The Kier molecular flexibility index (Phi) is 5.82. The molecule has 7 heteroatoms. The van der Waals surface area contributed by atoms with Crippen LogP contribution in [0.3, 0.4) is 0 Å². The van der Waals surface area contributed by atoms with E-state index >= 15 is 0 Å². The number of nitrogens with zero attached hydrogens (tertiary/aromatic N) is 4. The quantitative estimate of drug-likeness (QED) is 0.610. The van der Waals surface area contributed by atoms with Crippen LogP contribution in [0.4, 0.5) is 0 Å². The third-order valence-electron chi connectivity index (χ3n) is 4.08. The van der Waals surface area contributed by atoms with E-state index < -0.39 is 11.4 Å². The van der Waals surface area contributed by atoms with Crippen molar-refractivity contribution in [1.82, 2.24) is 19.5 Å². The number of rotatable bonds is 6. The highest BCUT2D eigenvalue weighted by Crippen LogP contribution is 2.18. The van der Waals surface area contributed by atoms with Gasteiger partial charge >= 0.3 is 5.97 Å². The molecule has 0 fully saturated rings. The van der Waals surface area contributed by atoms with Gasteiger partial charge in [-0.15, -0.1) is 0 Å². The topological polar surface area (TPSA) is 87.0 Å². The zero-order chi connectivity index (χ0) is 20.3. The predicted molar refractivity (Wildman–Crippen MR) is 107 cm³/mol. The van der Waals surface area contributed by atoms with Crippen LogP contribution in [0.15, 0.2) is 41.7 Å². The molecule has 0 atom stereocenters. The Hall–Kier alpha value is -3.09. The summed E-state index contributed by atoms with van der Waals surface area (Å²) < 4.78 is 7.11. The maximum absolute atomic E-state index is 12.9. The first kappa shape index (κ1) is 19.7. The Morgan fingerprint density at radius 1 is 1.14 bits per heavy atom. The minimum absolute atomic E-state index is 0.00839. The van der Waals surface area contributed by atoms with Gasteiger partial charge in [0, 0.05) is 36.9 Å². The normalized spacial score (nSPS) is 11.4. The maximum atomic E-state index is 12.9. The summed E-state index contributed by atoms with van der Waals surface area (Å²) in [5.74, 6) is 0.372. The minimum Gasteiger partial charge on any atom is -0.462 e. The highest BCUT2D eigenvalue weighted by atomic mass is 16.5. The lowest BCUT2D eigenvalue weighted by Crippen LogP contribution is -2.23. The number of esters is 1. The maximum Gasteiger partial charge on any atom is 0.343 e. The van der Waals surface area contributed by atoms with Crippen molar-refractivity contribution >= 4 is 17.0 Å². The van der Waals surface area contributed by atoms with Crippen LogP contribution in [-0.2, 0) is 11.3 Å². The van der Waals surface area contributed by atoms with Crippen molar-refractivity contribution in [3.63, 3.8) is 0 Å². The standard InChI is InChI=1S/C21H24N4O3/c1-13(2)10-25-11-17(21(27)28-12-14(3)4)18(26)16-9-23-19(24-20(16)25)15-5-7-22-8-6-15/h5-9,11,13-14H,10,12H2,1-4H3. The van der Waals surface area contributed by atoms with Gasteiger partial charge in [0.15, 0.2) is 5.82 Å². The molecule has 0 aliphatic heterocycles. The second-order valence-corrected chi connectivity index (χ2v) is 7.58. The molecule has 3 aromatic rings. The van der Waals surface area contributed by atoms with Gasteiger partial charge in [-0.1, -0.05) is 27.7 Å². The predicted octanol–water partition coefficient (Wildman–Crippen LogP) is 3.32. The fourth-order valence-electron chi connectivity index (χ4n) is 2.81. The number of pyridine rings is 2. The molecule has 0 radical (unpaired) electrons. The molecular weight excluding hydrogens is 356 g/mol. The first-order valence-electron chi connectivity index (χ1n) is 9.34. The molecule has 3 rings (SSSR count). The lowest BCUT2D eigenvalue weighted by molar-refractivity contribution is 0.0456. The van der Waals surface area contributed by atoms with E-state index in [-0.39, 0.29) is 18.1 Å². The van der Waals surface area contributed by atoms with Crippen molar-refractivity contribution in [2.24, 2.45) is 11.8 Å². The molecule has 28 heavy (non-hydrogen) atoms. The average Bonchev–Trinajstić information content (AvgIpc) is 2.68. The second kappa shape index (κ2) is 8.29. The third kappa shape index (κ3) is 4.24. The summed E-state index contributed by atoms with van der Waals surface area (Å²) in [7, 11) is 0. The summed E-state index contributed by atoms with van der Waals surface area (Å²) in [4.78, 5) is 38.3. The van der Waals surface area contributed by atoms with E-state index in [4.69, 9.17) is 4.74 Å². The molecule has 0 amide bonds. The van der Waals surface area contributed by atoms with Crippen LogP contribution in [0.1, 0.15) is 38.1 Å². The van der Waals surface area contributed by atoms with Gasteiger partial charge in [-0.3, -0.25) is 9.78 Å². The Balaban J connectivity index is 2.15. The van der Waals surface area contributed by atoms with Crippen LogP contribution < -0.4 is 5.43 Å². The summed E-state index contributed by atoms with van der Waals surface area (Å²) in [5, 5.41) is 0.303. The van der Waals surface area contributed by atoms with Gasteiger partial charge in [0.2, 0.25) is 5.43 Å². The fraction of sp³-hybridized carbons (Fsp3) is 0.381. The van der Waals surface area contributed by atoms with Crippen LogP contribution in [0, 0.1) is 11.8 Å². The first-order chi connectivity index (χ1) is 13.4. The number of fused-ring (bicyclic) bond motifs is 1. The van der Waals surface area contributed by atoms with Gasteiger partial charge in [-0.05, 0) is 24.0 Å². The molecule has 7 nitrogen and oxygen atoms in total. The Bertz CT molecular complexity index is 1040. The zero-order valence-corrected chi connectivity index (χ0v) is 16.5. The number of carbonyl (C=O) groups excluding carboxylic acids is 1. The van der Waals surface area contributed by atoms with Crippen molar-refractivity contribution in [1.29, 1.82) is 0 Å². The van der Waals surface area contributed by atoms with Gasteiger partial charge in [-0.25, -0.2) is 14.8 Å². The van der Waals surface area contributed by atoms with Crippen LogP contribution in [0.5, 0.6) is 0 Å². The molecule has 0 saturated heterocycles. The molecule has 0 aromatic carbocycles. The smallest absolute Gasteiger partial charge is 0.343 e. The van der Waals surface area contributed by atoms with Crippen LogP contribution in [-0.4, -0.2) is 32.1 Å². The van der Waals surface area contributed by atoms with Crippen molar-refractivity contribution < 1.29 is 9.53 Å². The Labute approximate surface area is 163 Å². The van der Waals surface area contributed by atoms with Crippen LogP contribution in [0.25, 0.3) is 22.4 Å². The van der Waals surface area contributed by atoms with Gasteiger partial charge in [0.1, 0.15) is 11.2 Å². The first-order valence-corrected chi connectivity index (χ1v) is 9.34. The Morgan fingerprint density at radius 2 is 1.86 bits per heavy atom. The van der Waals surface area contributed by atoms with Crippen molar-refractivity contribution in [2.45, 2.75) is 34.2 Å². The van der Waals surface area contributed by atoms with Gasteiger partial charge in [0.05, 0.1) is 12.0 Å². The Morgan fingerprint density at radius 3 is 2.50 bits per heavy atom. The molecule has 0 aliphatic rings. The van der Waals surface area contributed by atoms with E-state index in [1.165, 1.54) is 6.20 Å². The average molecular weight is 380 g/mol. The number of carbonyl (C=O) groups is 1. The van der Waals surface area contributed by atoms with Crippen LogP contribution >= 0.6 is 0 Å². The monoisotopic (exact) mass is 380 g/mol. The van der Waals surface area contributed by atoms with Crippen molar-refractivity contribution in [3.05, 3.63) is 52.7 Å². The molecule has 0 spiro atoms. The molecule has 0 unspecified atom stereocenters. The summed E-state index contributed by atoms with van der Waals surface area (Å²) >= 11 is 0. The molecule has 0 N–H and O–H groups in total. The summed E-state index contributed by atoms with van der Waals surface area (Å²) in [6.07, 6.45) is 6.36. The van der Waals surface area contributed by atoms with E-state index in [1.807, 2.05) is 30.5 Å². The van der Waals surface area contributed by atoms with E-state index in [2.05, 4.69) is 28.8 Å². The van der Waals surface area contributed by atoms with Gasteiger partial charge < -0.3 is 9.30 Å².